The highest BCUT2D eigenvalue weighted by atomic mass is 35.5. The molecule has 1 aromatic rings. The van der Waals surface area contributed by atoms with Crippen LogP contribution in [0.2, 0.25) is 0 Å². The van der Waals surface area contributed by atoms with Crippen molar-refractivity contribution in [2.24, 2.45) is 0 Å². The average Bonchev–Trinajstić information content (AvgIpc) is 2.23. The fourth-order valence-electron chi connectivity index (χ4n) is 2.12. The molecular formula is C12H18ClNO2. The minimum atomic E-state index is 0. The highest BCUT2D eigenvalue weighted by Gasteiger charge is 2.22. The Labute approximate surface area is 102 Å². The lowest BCUT2D eigenvalue weighted by atomic mass is 9.93. The summed E-state index contributed by atoms with van der Waals surface area (Å²) in [6.45, 7) is 3.22. The molecule has 0 radical (unpaired) electrons. The summed E-state index contributed by atoms with van der Waals surface area (Å²) in [5, 5.41) is 9.68. The van der Waals surface area contributed by atoms with Crippen molar-refractivity contribution in [2.75, 3.05) is 20.7 Å². The number of rotatable bonds is 1. The van der Waals surface area contributed by atoms with Gasteiger partial charge in [-0.2, -0.15) is 0 Å². The maximum absolute atomic E-state index is 9.68. The van der Waals surface area contributed by atoms with Crippen molar-refractivity contribution in [1.29, 1.82) is 0 Å². The molecule has 0 bridgehead atoms. The molecule has 4 heteroatoms. The predicted octanol–water partition coefficient (Wildman–Crippen LogP) is 2.37. The van der Waals surface area contributed by atoms with E-state index < -0.39 is 0 Å². The number of hydrogen-bond donors (Lipinski definition) is 1. The molecular weight excluding hydrogens is 226 g/mol. The topological polar surface area (TPSA) is 32.7 Å². The van der Waals surface area contributed by atoms with Crippen molar-refractivity contribution in [3.8, 4) is 11.5 Å². The number of halogens is 1. The smallest absolute Gasteiger partial charge is 0.160 e. The first kappa shape index (κ1) is 13.1. The first-order valence-electron chi connectivity index (χ1n) is 5.23. The van der Waals surface area contributed by atoms with Gasteiger partial charge in [0.2, 0.25) is 0 Å². The standard InChI is InChI=1S/C12H17NO2.ClH/c1-8-10-7-12(15-3)11(14)6-9(10)4-5-13(8)2;/h6-8,14H,4-5H2,1-3H3;1H/t8-;/m1./s1. The van der Waals surface area contributed by atoms with Crippen molar-refractivity contribution in [2.45, 2.75) is 19.4 Å². The first-order chi connectivity index (χ1) is 7.13. The minimum absolute atomic E-state index is 0. The van der Waals surface area contributed by atoms with E-state index in [9.17, 15) is 5.11 Å². The third-order valence-corrected chi connectivity index (χ3v) is 3.29. The Morgan fingerprint density at radius 1 is 1.44 bits per heavy atom. The number of phenols is 1. The average molecular weight is 244 g/mol. The van der Waals surface area contributed by atoms with E-state index >= 15 is 0 Å². The Balaban J connectivity index is 0.00000128. The highest BCUT2D eigenvalue weighted by Crippen LogP contribution is 2.36. The second kappa shape index (κ2) is 4.93. The van der Waals surface area contributed by atoms with E-state index in [1.165, 1.54) is 11.1 Å². The molecule has 16 heavy (non-hydrogen) atoms. The molecule has 3 nitrogen and oxygen atoms in total. The number of phenolic OH excluding ortho intramolecular Hbond substituents is 1. The fourth-order valence-corrected chi connectivity index (χ4v) is 2.12. The molecule has 1 aliphatic heterocycles. The van der Waals surface area contributed by atoms with Crippen LogP contribution in [0, 0.1) is 0 Å². The summed E-state index contributed by atoms with van der Waals surface area (Å²) in [5.74, 6) is 0.809. The number of hydrogen-bond acceptors (Lipinski definition) is 3. The summed E-state index contributed by atoms with van der Waals surface area (Å²) < 4.78 is 5.13. The third kappa shape index (κ3) is 2.11. The van der Waals surface area contributed by atoms with Crippen LogP contribution in [0.5, 0.6) is 11.5 Å². The molecule has 0 amide bonds. The molecule has 2 rings (SSSR count). The van der Waals surface area contributed by atoms with E-state index in [-0.39, 0.29) is 18.2 Å². The minimum Gasteiger partial charge on any atom is -0.504 e. The van der Waals surface area contributed by atoms with E-state index in [0.29, 0.717) is 11.8 Å². The number of benzene rings is 1. The van der Waals surface area contributed by atoms with Gasteiger partial charge in [0.25, 0.3) is 0 Å². The van der Waals surface area contributed by atoms with Gasteiger partial charge in [-0.15, -0.1) is 12.4 Å². The molecule has 0 spiro atoms. The Morgan fingerprint density at radius 3 is 2.75 bits per heavy atom. The van der Waals surface area contributed by atoms with E-state index in [4.69, 9.17) is 4.74 Å². The molecule has 0 saturated carbocycles. The summed E-state index contributed by atoms with van der Waals surface area (Å²) in [6, 6.07) is 4.17. The number of likely N-dealkylation sites (N-methyl/N-ethyl adjacent to an activating group) is 1. The molecule has 0 aromatic heterocycles. The van der Waals surface area contributed by atoms with Crippen LogP contribution in [0.15, 0.2) is 12.1 Å². The number of ether oxygens (including phenoxy) is 1. The lowest BCUT2D eigenvalue weighted by Gasteiger charge is -2.32. The van der Waals surface area contributed by atoms with Gasteiger partial charge in [0, 0.05) is 12.6 Å². The van der Waals surface area contributed by atoms with Crippen molar-refractivity contribution >= 4 is 12.4 Å². The maximum atomic E-state index is 9.68. The van der Waals surface area contributed by atoms with Gasteiger partial charge in [-0.1, -0.05) is 0 Å². The quantitative estimate of drug-likeness (QED) is 0.822. The molecule has 0 unspecified atom stereocenters. The molecule has 1 aromatic carbocycles. The first-order valence-corrected chi connectivity index (χ1v) is 5.23. The lowest BCUT2D eigenvalue weighted by molar-refractivity contribution is 0.246. The number of methoxy groups -OCH3 is 1. The van der Waals surface area contributed by atoms with Crippen LogP contribution >= 0.6 is 12.4 Å². The zero-order valence-electron chi connectivity index (χ0n) is 9.86. The van der Waals surface area contributed by atoms with Gasteiger partial charge in [0.15, 0.2) is 11.5 Å². The van der Waals surface area contributed by atoms with Crippen molar-refractivity contribution in [1.82, 2.24) is 4.90 Å². The summed E-state index contributed by atoms with van der Waals surface area (Å²) in [6.07, 6.45) is 0.994. The van der Waals surface area contributed by atoms with Crippen molar-refractivity contribution in [3.63, 3.8) is 0 Å². The van der Waals surface area contributed by atoms with E-state index in [2.05, 4.69) is 18.9 Å². The molecule has 1 aliphatic rings. The number of fused-ring (bicyclic) bond motifs is 1. The molecule has 0 fully saturated rings. The van der Waals surface area contributed by atoms with Gasteiger partial charge in [-0.3, -0.25) is 4.90 Å². The predicted molar refractivity (Wildman–Crippen MR) is 66.7 cm³/mol. The third-order valence-electron chi connectivity index (χ3n) is 3.29. The Morgan fingerprint density at radius 2 is 2.12 bits per heavy atom. The van der Waals surface area contributed by atoms with Gasteiger partial charge in [0.05, 0.1) is 7.11 Å². The number of aromatic hydroxyl groups is 1. The van der Waals surface area contributed by atoms with Crippen LogP contribution in [0.4, 0.5) is 0 Å². The number of nitrogens with zero attached hydrogens (tertiary/aromatic N) is 1. The second-order valence-electron chi connectivity index (χ2n) is 4.13. The zero-order valence-corrected chi connectivity index (χ0v) is 10.7. The molecule has 0 aliphatic carbocycles. The van der Waals surface area contributed by atoms with Crippen molar-refractivity contribution in [3.05, 3.63) is 23.3 Å². The summed E-state index contributed by atoms with van der Waals surface area (Å²) in [4.78, 5) is 2.30. The Kier molecular flexibility index (Phi) is 4.05. The van der Waals surface area contributed by atoms with Gasteiger partial charge in [-0.05, 0) is 43.7 Å². The SMILES string of the molecule is COc1cc2c(cc1O)CCN(C)[C@@H]2C.Cl. The van der Waals surface area contributed by atoms with Crippen LogP contribution in [0.3, 0.4) is 0 Å². The highest BCUT2D eigenvalue weighted by molar-refractivity contribution is 5.85. The fraction of sp³-hybridized carbons (Fsp3) is 0.500. The molecule has 1 heterocycles. The van der Waals surface area contributed by atoms with Crippen LogP contribution in [0.1, 0.15) is 24.1 Å². The molecule has 1 atom stereocenters. The molecule has 0 saturated heterocycles. The maximum Gasteiger partial charge on any atom is 0.160 e. The lowest BCUT2D eigenvalue weighted by Crippen LogP contribution is -2.30. The molecule has 90 valence electrons. The van der Waals surface area contributed by atoms with Gasteiger partial charge >= 0.3 is 0 Å². The summed E-state index contributed by atoms with van der Waals surface area (Å²) >= 11 is 0. The van der Waals surface area contributed by atoms with Crippen molar-refractivity contribution < 1.29 is 9.84 Å². The van der Waals surface area contributed by atoms with Gasteiger partial charge in [0.1, 0.15) is 0 Å². The van der Waals surface area contributed by atoms with Crippen LogP contribution in [-0.2, 0) is 6.42 Å². The van der Waals surface area contributed by atoms with Crippen LogP contribution in [0.25, 0.3) is 0 Å². The zero-order chi connectivity index (χ0) is 11.0. The van der Waals surface area contributed by atoms with E-state index in [1.807, 2.05) is 12.1 Å². The summed E-state index contributed by atoms with van der Waals surface area (Å²) in [7, 11) is 3.70. The van der Waals surface area contributed by atoms with E-state index in [1.54, 1.807) is 7.11 Å². The van der Waals surface area contributed by atoms with Crippen LogP contribution < -0.4 is 4.74 Å². The Hall–Kier alpha value is -0.930. The normalized spacial score (nSPS) is 19.8. The van der Waals surface area contributed by atoms with E-state index in [0.717, 1.165) is 13.0 Å². The summed E-state index contributed by atoms with van der Waals surface area (Å²) in [5.41, 5.74) is 2.50. The molecule has 1 N–H and O–H groups in total. The monoisotopic (exact) mass is 243 g/mol. The van der Waals surface area contributed by atoms with Gasteiger partial charge in [-0.25, -0.2) is 0 Å². The van der Waals surface area contributed by atoms with Gasteiger partial charge < -0.3 is 9.84 Å². The van der Waals surface area contributed by atoms with Crippen LogP contribution in [-0.4, -0.2) is 30.7 Å². The Bertz CT molecular complexity index is 382. The second-order valence-corrected chi connectivity index (χ2v) is 4.13. The largest absolute Gasteiger partial charge is 0.504 e.